The van der Waals surface area contributed by atoms with Gasteiger partial charge in [0.1, 0.15) is 0 Å². The number of hydrogen-bond acceptors (Lipinski definition) is 4. The Bertz CT molecular complexity index is 1180. The molecule has 0 amide bonds. The maximum Gasteiger partial charge on any atom is 0.287 e. The maximum absolute atomic E-state index is 12.9. The van der Waals surface area contributed by atoms with Crippen LogP contribution in [0.15, 0.2) is 53.3 Å². The Morgan fingerprint density at radius 3 is 2.61 bits per heavy atom. The third-order valence-corrected chi connectivity index (χ3v) is 4.15. The molecule has 1 N–H and O–H groups in total. The van der Waals surface area contributed by atoms with Crippen LogP contribution in [0.5, 0.6) is 0 Å². The number of rotatable bonds is 1. The van der Waals surface area contributed by atoms with Crippen LogP contribution in [0.2, 0.25) is 0 Å². The van der Waals surface area contributed by atoms with Crippen molar-refractivity contribution in [3.63, 3.8) is 0 Å². The molecule has 0 saturated carbocycles. The Morgan fingerprint density at radius 2 is 1.78 bits per heavy atom. The number of para-hydroxylation sites is 1. The van der Waals surface area contributed by atoms with Gasteiger partial charge in [-0.3, -0.25) is 9.36 Å². The van der Waals surface area contributed by atoms with Crippen LogP contribution in [0.4, 0.5) is 0 Å². The molecule has 0 aliphatic carbocycles. The Kier molecular flexibility index (Phi) is 3.06. The predicted molar refractivity (Wildman–Crippen MR) is 92.6 cm³/mol. The van der Waals surface area contributed by atoms with Crippen LogP contribution >= 0.6 is 12.2 Å². The number of H-pyrrole nitrogens is 1. The molecule has 4 aromatic rings. The summed E-state index contributed by atoms with van der Waals surface area (Å²) < 4.78 is 1.81. The van der Waals surface area contributed by atoms with E-state index in [1.165, 1.54) is 4.57 Å². The van der Waals surface area contributed by atoms with Crippen molar-refractivity contribution in [2.45, 2.75) is 6.92 Å². The van der Waals surface area contributed by atoms with Crippen LogP contribution in [-0.2, 0) is 0 Å². The highest BCUT2D eigenvalue weighted by Gasteiger charge is 2.13. The molecule has 0 aliphatic rings. The van der Waals surface area contributed by atoms with E-state index in [2.05, 4.69) is 15.2 Å². The highest BCUT2D eigenvalue weighted by molar-refractivity contribution is 7.71. The van der Waals surface area contributed by atoms with E-state index in [0.717, 1.165) is 22.2 Å². The van der Waals surface area contributed by atoms with Crippen LogP contribution in [-0.4, -0.2) is 19.7 Å². The lowest BCUT2D eigenvalue weighted by molar-refractivity contribution is 0.917. The minimum Gasteiger partial charge on any atom is -0.329 e. The summed E-state index contributed by atoms with van der Waals surface area (Å²) in [5, 5.41) is 9.08. The molecule has 0 aliphatic heterocycles. The zero-order chi connectivity index (χ0) is 16.0. The van der Waals surface area contributed by atoms with Crippen molar-refractivity contribution in [2.75, 3.05) is 0 Å². The average molecular weight is 320 g/mol. The molecule has 0 spiro atoms. The summed E-state index contributed by atoms with van der Waals surface area (Å²) in [4.78, 5) is 16.1. The molecule has 6 heteroatoms. The van der Waals surface area contributed by atoms with Crippen molar-refractivity contribution in [2.24, 2.45) is 0 Å². The van der Waals surface area contributed by atoms with Crippen molar-refractivity contribution in [3.05, 3.63) is 69.2 Å². The quantitative estimate of drug-likeness (QED) is 0.432. The SMILES string of the molecule is Cc1ccccc1-n1c(=S)[nH]c2c(nnc3ccccc32)c1=O. The lowest BCUT2D eigenvalue weighted by Gasteiger charge is -2.10. The van der Waals surface area contributed by atoms with Gasteiger partial charge in [0.25, 0.3) is 5.56 Å². The number of aromatic nitrogens is 4. The second-order valence-electron chi connectivity index (χ2n) is 5.30. The second kappa shape index (κ2) is 5.10. The number of nitrogens with zero attached hydrogens (tertiary/aromatic N) is 3. The average Bonchev–Trinajstić information content (AvgIpc) is 2.56. The fourth-order valence-electron chi connectivity index (χ4n) is 2.72. The Hall–Kier alpha value is -2.86. The molecule has 0 bridgehead atoms. The van der Waals surface area contributed by atoms with Crippen molar-refractivity contribution in [1.29, 1.82) is 0 Å². The van der Waals surface area contributed by atoms with Gasteiger partial charge in [-0.2, -0.15) is 0 Å². The Morgan fingerprint density at radius 1 is 1.04 bits per heavy atom. The van der Waals surface area contributed by atoms with Gasteiger partial charge in [-0.25, -0.2) is 0 Å². The van der Waals surface area contributed by atoms with Gasteiger partial charge in [0.15, 0.2) is 10.3 Å². The lowest BCUT2D eigenvalue weighted by atomic mass is 10.2. The third kappa shape index (κ3) is 2.07. The summed E-state index contributed by atoms with van der Waals surface area (Å²) in [6.07, 6.45) is 0. The first kappa shape index (κ1) is 13.8. The predicted octanol–water partition coefficient (Wildman–Crippen LogP) is 3.30. The molecular weight excluding hydrogens is 308 g/mol. The van der Waals surface area contributed by atoms with E-state index in [1.54, 1.807) is 0 Å². The molecular formula is C17H12N4OS. The molecule has 2 aromatic heterocycles. The standard InChI is InChI=1S/C17H12N4OS/c1-10-6-2-5-9-13(10)21-16(22)15-14(18-17(21)23)11-7-3-4-8-12(11)19-20-15/h2-9H,1H3,(H,18,23). The van der Waals surface area contributed by atoms with Crippen LogP contribution in [0, 0.1) is 11.7 Å². The molecule has 2 aromatic carbocycles. The van der Waals surface area contributed by atoms with E-state index in [0.29, 0.717) is 10.3 Å². The molecule has 112 valence electrons. The first-order chi connectivity index (χ1) is 11.2. The minimum absolute atomic E-state index is 0.267. The second-order valence-corrected chi connectivity index (χ2v) is 5.68. The largest absolute Gasteiger partial charge is 0.329 e. The fraction of sp³-hybridized carbons (Fsp3) is 0.0588. The van der Waals surface area contributed by atoms with E-state index in [9.17, 15) is 4.79 Å². The Labute approximate surface area is 136 Å². The molecule has 0 fully saturated rings. The van der Waals surface area contributed by atoms with E-state index in [-0.39, 0.29) is 11.1 Å². The smallest absolute Gasteiger partial charge is 0.287 e. The van der Waals surface area contributed by atoms with Gasteiger partial charge in [0.05, 0.1) is 16.7 Å². The number of benzene rings is 2. The van der Waals surface area contributed by atoms with Crippen molar-refractivity contribution >= 4 is 34.2 Å². The molecule has 0 unspecified atom stereocenters. The summed E-state index contributed by atoms with van der Waals surface area (Å²) in [5.74, 6) is 0. The molecule has 23 heavy (non-hydrogen) atoms. The summed E-state index contributed by atoms with van der Waals surface area (Å²) in [6, 6.07) is 15.1. The van der Waals surface area contributed by atoms with Gasteiger partial charge >= 0.3 is 0 Å². The molecule has 4 rings (SSSR count). The summed E-state index contributed by atoms with van der Waals surface area (Å²) in [7, 11) is 0. The van der Waals surface area contributed by atoms with E-state index in [1.807, 2.05) is 55.5 Å². The zero-order valence-corrected chi connectivity index (χ0v) is 13.1. The van der Waals surface area contributed by atoms with Gasteiger partial charge in [-0.05, 0) is 36.8 Å². The third-order valence-electron chi connectivity index (χ3n) is 3.86. The first-order valence-corrected chi connectivity index (χ1v) is 7.54. The van der Waals surface area contributed by atoms with Gasteiger partial charge in [-0.1, -0.05) is 36.4 Å². The minimum atomic E-state index is -0.267. The normalized spacial score (nSPS) is 11.2. The Balaban J connectivity index is 2.18. The fourth-order valence-corrected chi connectivity index (χ4v) is 3.01. The summed E-state index contributed by atoms with van der Waals surface area (Å²) in [5.41, 5.74) is 3.06. The number of nitrogens with one attached hydrogen (secondary N) is 1. The number of fused-ring (bicyclic) bond motifs is 3. The summed E-state index contributed by atoms with van der Waals surface area (Å²) >= 11 is 5.43. The van der Waals surface area contributed by atoms with Crippen LogP contribution in [0.1, 0.15) is 5.56 Å². The number of hydrogen-bond donors (Lipinski definition) is 1. The topological polar surface area (TPSA) is 63.6 Å². The van der Waals surface area contributed by atoms with E-state index >= 15 is 0 Å². The molecule has 0 atom stereocenters. The zero-order valence-electron chi connectivity index (χ0n) is 12.3. The van der Waals surface area contributed by atoms with Gasteiger partial charge in [0.2, 0.25) is 0 Å². The van der Waals surface area contributed by atoms with Crippen molar-refractivity contribution in [1.82, 2.24) is 19.7 Å². The van der Waals surface area contributed by atoms with Crippen molar-refractivity contribution < 1.29 is 0 Å². The van der Waals surface area contributed by atoms with E-state index in [4.69, 9.17) is 12.2 Å². The van der Waals surface area contributed by atoms with Gasteiger partial charge < -0.3 is 4.98 Å². The van der Waals surface area contributed by atoms with Crippen molar-refractivity contribution in [3.8, 4) is 5.69 Å². The molecule has 2 heterocycles. The van der Waals surface area contributed by atoms with Crippen LogP contribution < -0.4 is 5.56 Å². The van der Waals surface area contributed by atoms with E-state index < -0.39 is 0 Å². The molecule has 0 saturated heterocycles. The highest BCUT2D eigenvalue weighted by atomic mass is 32.1. The molecule has 5 nitrogen and oxygen atoms in total. The maximum atomic E-state index is 12.9. The van der Waals surface area contributed by atoms with Gasteiger partial charge in [-0.15, -0.1) is 10.2 Å². The lowest BCUT2D eigenvalue weighted by Crippen LogP contribution is -2.22. The number of aromatic amines is 1. The van der Waals surface area contributed by atoms with Crippen LogP contribution in [0.25, 0.3) is 27.6 Å². The molecule has 0 radical (unpaired) electrons. The van der Waals surface area contributed by atoms with Crippen LogP contribution in [0.3, 0.4) is 0 Å². The first-order valence-electron chi connectivity index (χ1n) is 7.13. The van der Waals surface area contributed by atoms with Gasteiger partial charge in [0, 0.05) is 5.39 Å². The summed E-state index contributed by atoms with van der Waals surface area (Å²) in [6.45, 7) is 1.94. The highest BCUT2D eigenvalue weighted by Crippen LogP contribution is 2.19. The monoisotopic (exact) mass is 320 g/mol. The number of aryl methyl sites for hydroxylation is 1.